The normalized spacial score (nSPS) is 14.6. The van der Waals surface area contributed by atoms with E-state index in [9.17, 15) is 15.0 Å². The number of H-pyrrole nitrogens is 1. The lowest BCUT2D eigenvalue weighted by molar-refractivity contribution is 0.172. The van der Waals surface area contributed by atoms with Crippen molar-refractivity contribution in [3.05, 3.63) is 70.0 Å². The van der Waals surface area contributed by atoms with Crippen LogP contribution in [0.15, 0.2) is 53.3 Å². The molecular weight excluding hydrogens is 380 g/mol. The molecule has 0 aliphatic rings. The van der Waals surface area contributed by atoms with Crippen molar-refractivity contribution in [2.24, 2.45) is 0 Å². The van der Waals surface area contributed by atoms with Crippen molar-refractivity contribution in [2.75, 3.05) is 13.7 Å². The van der Waals surface area contributed by atoms with Crippen molar-refractivity contribution in [1.82, 2.24) is 10.3 Å². The Balaban J connectivity index is 0.00000300. The first kappa shape index (κ1) is 20.2. The van der Waals surface area contributed by atoms with Gasteiger partial charge < -0.3 is 25.3 Å². The highest BCUT2D eigenvalue weighted by Crippen LogP contribution is 2.28. The Hall–Kier alpha value is -2.54. The minimum Gasteiger partial charge on any atom is -0.506 e. The van der Waals surface area contributed by atoms with Crippen LogP contribution in [-0.4, -0.2) is 34.9 Å². The minimum absolute atomic E-state index is 0. The number of nitrogens with one attached hydrogen (secondary N) is 2. The van der Waals surface area contributed by atoms with Crippen LogP contribution in [0.25, 0.3) is 10.9 Å². The highest BCUT2D eigenvalue weighted by Gasteiger charge is 2.15. The number of pyridine rings is 1. The second kappa shape index (κ2) is 9.59. The predicted molar refractivity (Wildman–Crippen MR) is 113 cm³/mol. The van der Waals surface area contributed by atoms with Crippen LogP contribution in [0.2, 0.25) is 0 Å². The summed E-state index contributed by atoms with van der Waals surface area (Å²) in [5, 5.41) is 24.2. The summed E-state index contributed by atoms with van der Waals surface area (Å²) in [6.45, 7) is 1.89. The first-order chi connectivity index (χ1) is 13.3. The fraction of sp³-hybridized carbons (Fsp3) is 0.286. The van der Waals surface area contributed by atoms with Gasteiger partial charge in [-0.1, -0.05) is 18.2 Å². The van der Waals surface area contributed by atoms with Gasteiger partial charge in [-0.15, -0.1) is 12.4 Å². The molecule has 0 saturated carbocycles. The van der Waals surface area contributed by atoms with E-state index < -0.39 is 12.1 Å². The number of aromatic amines is 1. The standard InChI is InChI=1S/C21H24N2O4.ClH/c1-13(11-14-3-5-15(27-2)6-4-14)22-12-19(25)16-7-9-18(24)21-17(16)8-10-20(26)23-21;/h3-10,13,19,22,24-25H,11-12H2,1-2H3,(H,23,26);1H/t13-,19+;/m1./s1/i13D;. The third-order valence-electron chi connectivity index (χ3n) is 4.49. The second-order valence-corrected chi connectivity index (χ2v) is 6.49. The Morgan fingerprint density at radius 2 is 1.89 bits per heavy atom. The molecule has 1 aromatic heterocycles. The van der Waals surface area contributed by atoms with Crippen molar-refractivity contribution < 1.29 is 16.3 Å². The molecule has 0 aliphatic carbocycles. The number of methoxy groups -OCH3 is 1. The quantitative estimate of drug-likeness (QED) is 0.485. The molecule has 7 heteroatoms. The van der Waals surface area contributed by atoms with Gasteiger partial charge >= 0.3 is 0 Å². The topological polar surface area (TPSA) is 94.6 Å². The molecule has 2 atom stereocenters. The lowest BCUT2D eigenvalue weighted by atomic mass is 10.0. The molecule has 28 heavy (non-hydrogen) atoms. The molecule has 0 radical (unpaired) electrons. The summed E-state index contributed by atoms with van der Waals surface area (Å²) in [5.41, 5.74) is 1.51. The number of halogens is 1. The van der Waals surface area contributed by atoms with Gasteiger partial charge in [0.15, 0.2) is 0 Å². The molecule has 0 spiro atoms. The summed E-state index contributed by atoms with van der Waals surface area (Å²) >= 11 is 0. The molecule has 0 bridgehead atoms. The average molecular weight is 406 g/mol. The van der Waals surface area contributed by atoms with Gasteiger partial charge in [0, 0.05) is 25.4 Å². The number of phenols is 1. The van der Waals surface area contributed by atoms with Crippen LogP contribution >= 0.6 is 12.4 Å². The van der Waals surface area contributed by atoms with Gasteiger partial charge in [0.1, 0.15) is 11.5 Å². The van der Waals surface area contributed by atoms with Gasteiger partial charge in [-0.2, -0.15) is 0 Å². The van der Waals surface area contributed by atoms with Gasteiger partial charge in [-0.05, 0) is 48.7 Å². The van der Waals surface area contributed by atoms with E-state index in [1.807, 2.05) is 24.3 Å². The number of rotatable bonds is 7. The van der Waals surface area contributed by atoms with Crippen molar-refractivity contribution in [1.29, 1.82) is 0 Å². The number of phenolic OH excluding ortho intramolecular Hbond substituents is 1. The number of fused-ring (bicyclic) bond motifs is 1. The maximum atomic E-state index is 11.5. The van der Waals surface area contributed by atoms with Gasteiger partial charge in [0.2, 0.25) is 5.56 Å². The maximum absolute atomic E-state index is 11.5. The zero-order chi connectivity index (χ0) is 20.3. The molecule has 0 aliphatic heterocycles. The zero-order valence-corrected chi connectivity index (χ0v) is 16.5. The van der Waals surface area contributed by atoms with E-state index in [4.69, 9.17) is 6.11 Å². The summed E-state index contributed by atoms with van der Waals surface area (Å²) < 4.78 is 13.6. The SMILES string of the molecule is Cl.[2H][C@@](C)(Cc1ccc(OC)cc1)NC[C@H](O)c1ccc(O)c2[nH]c(=O)ccc12. The molecule has 0 amide bonds. The average Bonchev–Trinajstić information content (AvgIpc) is 2.67. The molecule has 0 fully saturated rings. The molecule has 3 aromatic rings. The first-order valence-electron chi connectivity index (χ1n) is 9.20. The van der Waals surface area contributed by atoms with Crippen molar-refractivity contribution in [3.63, 3.8) is 0 Å². The third kappa shape index (κ3) is 5.04. The second-order valence-electron chi connectivity index (χ2n) is 6.49. The van der Waals surface area contributed by atoms with E-state index in [0.29, 0.717) is 17.4 Å². The summed E-state index contributed by atoms with van der Waals surface area (Å²) in [7, 11) is 1.61. The fourth-order valence-corrected chi connectivity index (χ4v) is 3.04. The van der Waals surface area contributed by atoms with Crippen molar-refractivity contribution in [3.8, 4) is 11.5 Å². The molecule has 150 valence electrons. The summed E-state index contributed by atoms with van der Waals surface area (Å²) in [6, 6.07) is 12.5. The van der Waals surface area contributed by atoms with Gasteiger partial charge in [-0.3, -0.25) is 4.79 Å². The molecule has 0 unspecified atom stereocenters. The van der Waals surface area contributed by atoms with E-state index in [2.05, 4.69) is 10.3 Å². The lowest BCUT2D eigenvalue weighted by Gasteiger charge is -2.19. The van der Waals surface area contributed by atoms with Crippen molar-refractivity contribution >= 4 is 23.3 Å². The van der Waals surface area contributed by atoms with Crippen LogP contribution in [0.5, 0.6) is 11.5 Å². The van der Waals surface area contributed by atoms with E-state index in [0.717, 1.165) is 11.3 Å². The number of hydrogen-bond donors (Lipinski definition) is 4. The summed E-state index contributed by atoms with van der Waals surface area (Å²) in [6.07, 6.45) is -0.456. The van der Waals surface area contributed by atoms with Gasteiger partial charge in [0.05, 0.1) is 18.7 Å². The molecule has 6 nitrogen and oxygen atoms in total. The zero-order valence-electron chi connectivity index (χ0n) is 16.7. The highest BCUT2D eigenvalue weighted by molar-refractivity contribution is 5.87. The van der Waals surface area contributed by atoms with E-state index in [1.165, 1.54) is 12.1 Å². The molecule has 0 saturated heterocycles. The molecule has 1 heterocycles. The minimum atomic E-state index is -0.989. The van der Waals surface area contributed by atoms with Crippen LogP contribution in [0.1, 0.15) is 25.5 Å². The molecule has 3 rings (SSSR count). The Morgan fingerprint density at radius 3 is 2.57 bits per heavy atom. The highest BCUT2D eigenvalue weighted by atomic mass is 35.5. The number of hydrogen-bond acceptors (Lipinski definition) is 5. The first-order valence-corrected chi connectivity index (χ1v) is 8.70. The number of aromatic nitrogens is 1. The maximum Gasteiger partial charge on any atom is 0.248 e. The van der Waals surface area contributed by atoms with Crippen LogP contribution in [0.4, 0.5) is 0 Å². The predicted octanol–water partition coefficient (Wildman–Crippen LogP) is 2.92. The number of aliphatic hydroxyl groups excluding tert-OH is 1. The van der Waals surface area contributed by atoms with Gasteiger partial charge in [-0.25, -0.2) is 0 Å². The number of aliphatic hydroxyl groups is 1. The van der Waals surface area contributed by atoms with Gasteiger partial charge in [0.25, 0.3) is 0 Å². The smallest absolute Gasteiger partial charge is 0.248 e. The molecular formula is C21H25ClN2O4. The van der Waals surface area contributed by atoms with E-state index in [1.54, 1.807) is 26.2 Å². The Kier molecular flexibility index (Phi) is 6.92. The van der Waals surface area contributed by atoms with E-state index in [-0.39, 0.29) is 35.8 Å². The monoisotopic (exact) mass is 405 g/mol. The summed E-state index contributed by atoms with van der Waals surface area (Å²) in [5.74, 6) is 0.706. The van der Waals surface area contributed by atoms with Crippen LogP contribution in [0, 0.1) is 0 Å². The number of benzene rings is 2. The molecule has 4 N–H and O–H groups in total. The Bertz CT molecular complexity index is 1020. The van der Waals surface area contributed by atoms with Crippen molar-refractivity contribution in [2.45, 2.75) is 25.5 Å². The third-order valence-corrected chi connectivity index (χ3v) is 4.49. The largest absolute Gasteiger partial charge is 0.506 e. The number of aromatic hydroxyl groups is 1. The Labute approximate surface area is 171 Å². The fourth-order valence-electron chi connectivity index (χ4n) is 3.04. The number of ether oxygens (including phenoxy) is 1. The van der Waals surface area contributed by atoms with Crippen LogP contribution in [-0.2, 0) is 6.42 Å². The molecule has 2 aromatic carbocycles. The lowest BCUT2D eigenvalue weighted by Crippen LogP contribution is -2.32. The van der Waals surface area contributed by atoms with Crippen LogP contribution in [0.3, 0.4) is 0 Å². The Morgan fingerprint density at radius 1 is 1.18 bits per heavy atom. The van der Waals surface area contributed by atoms with E-state index >= 15 is 0 Å². The van der Waals surface area contributed by atoms with Crippen LogP contribution < -0.4 is 15.6 Å². The summed E-state index contributed by atoms with van der Waals surface area (Å²) in [4.78, 5) is 14.1.